The van der Waals surface area contributed by atoms with E-state index in [1.165, 1.54) is 61.2 Å². The molecule has 0 saturated heterocycles. The highest BCUT2D eigenvalue weighted by Gasteiger charge is 2.20. The predicted molar refractivity (Wildman–Crippen MR) is 138 cm³/mol. The van der Waals surface area contributed by atoms with Gasteiger partial charge in [-0.25, -0.2) is 0 Å². The second-order valence-corrected chi connectivity index (χ2v) is 8.61. The molecule has 0 aliphatic carbocycles. The van der Waals surface area contributed by atoms with Gasteiger partial charge in [-0.1, -0.05) is 45.9 Å². The summed E-state index contributed by atoms with van der Waals surface area (Å²) in [5.41, 5.74) is 29.1. The third-order valence-electron chi connectivity index (χ3n) is 6.99. The van der Waals surface area contributed by atoms with E-state index in [0.717, 1.165) is 37.1 Å². The summed E-state index contributed by atoms with van der Waals surface area (Å²) in [5, 5.41) is 0. The molecular weight excluding hydrogens is 376 g/mol. The van der Waals surface area contributed by atoms with Gasteiger partial charge in [-0.3, -0.25) is 0 Å². The van der Waals surface area contributed by atoms with Crippen molar-refractivity contribution in [3.8, 4) is 22.3 Å². The second kappa shape index (κ2) is 9.18. The molecular formula is C29H38N2. The first-order valence-electron chi connectivity index (χ1n) is 11.7. The average Bonchev–Trinajstić information content (AvgIpc) is 2.75. The summed E-state index contributed by atoms with van der Waals surface area (Å²) < 4.78 is 0. The van der Waals surface area contributed by atoms with Crippen LogP contribution in [-0.2, 0) is 25.7 Å². The van der Waals surface area contributed by atoms with Gasteiger partial charge in [0, 0.05) is 11.4 Å². The van der Waals surface area contributed by atoms with Gasteiger partial charge < -0.3 is 11.5 Å². The molecule has 0 atom stereocenters. The van der Waals surface area contributed by atoms with Gasteiger partial charge in [0.1, 0.15) is 0 Å². The molecule has 4 N–H and O–H groups in total. The van der Waals surface area contributed by atoms with Crippen LogP contribution in [0.2, 0.25) is 0 Å². The fourth-order valence-electron chi connectivity index (χ4n) is 5.12. The largest absolute Gasteiger partial charge is 0.398 e. The number of hydrogen-bond acceptors (Lipinski definition) is 2. The van der Waals surface area contributed by atoms with Crippen molar-refractivity contribution >= 4 is 11.4 Å². The lowest BCUT2D eigenvalue weighted by Gasteiger charge is -2.23. The van der Waals surface area contributed by atoms with Crippen LogP contribution >= 0.6 is 0 Å². The maximum Gasteiger partial charge on any atom is 0.0382 e. The highest BCUT2D eigenvalue weighted by molar-refractivity contribution is 5.91. The summed E-state index contributed by atoms with van der Waals surface area (Å²) in [6.07, 6.45) is 3.77. The molecule has 0 fully saturated rings. The standard InChI is InChI=1S/C29H38N2/c1-8-20-15-25(18(6)22(10-3)28(20)30)24-14-12-13-17(5)27(24)26-16-21(9-2)29(31)23(11-4)19(26)7/h12-16H,8-11,30-31H2,1-7H3. The molecule has 0 bridgehead atoms. The van der Waals surface area contributed by atoms with E-state index in [4.69, 9.17) is 11.5 Å². The summed E-state index contributed by atoms with van der Waals surface area (Å²) >= 11 is 0. The molecule has 0 aromatic heterocycles. The zero-order valence-electron chi connectivity index (χ0n) is 20.4. The molecule has 0 saturated carbocycles. The Morgan fingerprint density at radius 1 is 0.613 bits per heavy atom. The number of anilines is 2. The lowest BCUT2D eigenvalue weighted by molar-refractivity contribution is 1.07. The van der Waals surface area contributed by atoms with Gasteiger partial charge in [0.15, 0.2) is 0 Å². The highest BCUT2D eigenvalue weighted by atomic mass is 14.6. The Hall–Kier alpha value is -2.74. The van der Waals surface area contributed by atoms with Crippen molar-refractivity contribution in [3.05, 3.63) is 69.3 Å². The predicted octanol–water partition coefficient (Wildman–Crippen LogP) is 7.36. The van der Waals surface area contributed by atoms with Gasteiger partial charge in [-0.05, 0) is 120 Å². The van der Waals surface area contributed by atoms with E-state index in [-0.39, 0.29) is 0 Å². The van der Waals surface area contributed by atoms with Crippen molar-refractivity contribution in [2.75, 3.05) is 11.5 Å². The normalized spacial score (nSPS) is 11.2. The van der Waals surface area contributed by atoms with E-state index in [0.29, 0.717) is 0 Å². The number of nitrogens with two attached hydrogens (primary N) is 2. The summed E-state index contributed by atoms with van der Waals surface area (Å²) in [6, 6.07) is 11.3. The second-order valence-electron chi connectivity index (χ2n) is 8.61. The maximum absolute atomic E-state index is 6.54. The molecule has 3 aromatic rings. The molecule has 3 rings (SSSR count). The van der Waals surface area contributed by atoms with Crippen molar-refractivity contribution in [2.45, 2.75) is 74.1 Å². The van der Waals surface area contributed by atoms with E-state index in [9.17, 15) is 0 Å². The first-order valence-corrected chi connectivity index (χ1v) is 11.7. The van der Waals surface area contributed by atoms with Gasteiger partial charge in [-0.2, -0.15) is 0 Å². The van der Waals surface area contributed by atoms with Crippen LogP contribution < -0.4 is 11.5 Å². The number of benzene rings is 3. The fourth-order valence-corrected chi connectivity index (χ4v) is 5.12. The Bertz CT molecular complexity index is 1120. The lowest BCUT2D eigenvalue weighted by atomic mass is 9.82. The van der Waals surface area contributed by atoms with Crippen molar-refractivity contribution in [1.82, 2.24) is 0 Å². The molecule has 0 aliphatic rings. The smallest absolute Gasteiger partial charge is 0.0382 e. The molecule has 0 spiro atoms. The van der Waals surface area contributed by atoms with Crippen LogP contribution in [-0.4, -0.2) is 0 Å². The third-order valence-corrected chi connectivity index (χ3v) is 6.99. The molecule has 2 nitrogen and oxygen atoms in total. The molecule has 164 valence electrons. The fraction of sp³-hybridized carbons (Fsp3) is 0.379. The Morgan fingerprint density at radius 2 is 1.10 bits per heavy atom. The Balaban J connectivity index is 2.43. The van der Waals surface area contributed by atoms with Crippen LogP contribution in [0.3, 0.4) is 0 Å². The molecule has 0 amide bonds. The Labute approximate surface area is 188 Å². The molecule has 0 heterocycles. The summed E-state index contributed by atoms with van der Waals surface area (Å²) in [6.45, 7) is 15.4. The van der Waals surface area contributed by atoms with E-state index >= 15 is 0 Å². The molecule has 0 unspecified atom stereocenters. The molecule has 0 radical (unpaired) electrons. The van der Waals surface area contributed by atoms with Crippen LogP contribution in [0.4, 0.5) is 11.4 Å². The monoisotopic (exact) mass is 414 g/mol. The highest BCUT2D eigenvalue weighted by Crippen LogP contribution is 2.42. The van der Waals surface area contributed by atoms with Crippen molar-refractivity contribution in [2.24, 2.45) is 0 Å². The van der Waals surface area contributed by atoms with E-state index in [1.54, 1.807) is 0 Å². The zero-order chi connectivity index (χ0) is 22.9. The quantitative estimate of drug-likeness (QED) is 0.414. The van der Waals surface area contributed by atoms with Gasteiger partial charge in [-0.15, -0.1) is 0 Å². The molecule has 3 aromatic carbocycles. The number of hydrogen-bond donors (Lipinski definition) is 2. The van der Waals surface area contributed by atoms with E-state index < -0.39 is 0 Å². The summed E-state index contributed by atoms with van der Waals surface area (Å²) in [7, 11) is 0. The van der Waals surface area contributed by atoms with Crippen molar-refractivity contribution < 1.29 is 0 Å². The van der Waals surface area contributed by atoms with E-state index in [2.05, 4.69) is 78.8 Å². The molecule has 31 heavy (non-hydrogen) atoms. The lowest BCUT2D eigenvalue weighted by Crippen LogP contribution is -2.06. The minimum Gasteiger partial charge on any atom is -0.398 e. The van der Waals surface area contributed by atoms with Crippen LogP contribution in [0, 0.1) is 20.8 Å². The molecule has 2 heteroatoms. The van der Waals surface area contributed by atoms with Gasteiger partial charge in [0.05, 0.1) is 0 Å². The van der Waals surface area contributed by atoms with Crippen LogP contribution in [0.25, 0.3) is 22.3 Å². The van der Waals surface area contributed by atoms with Gasteiger partial charge in [0.2, 0.25) is 0 Å². The number of nitrogen functional groups attached to an aromatic ring is 2. The Kier molecular flexibility index (Phi) is 6.79. The maximum atomic E-state index is 6.54. The first kappa shape index (κ1) is 22.9. The summed E-state index contributed by atoms with van der Waals surface area (Å²) in [4.78, 5) is 0. The number of rotatable bonds is 6. The van der Waals surface area contributed by atoms with Crippen LogP contribution in [0.5, 0.6) is 0 Å². The van der Waals surface area contributed by atoms with Crippen LogP contribution in [0.15, 0.2) is 30.3 Å². The topological polar surface area (TPSA) is 52.0 Å². The number of aryl methyl sites for hydroxylation is 3. The summed E-state index contributed by atoms with van der Waals surface area (Å²) in [5.74, 6) is 0. The van der Waals surface area contributed by atoms with Gasteiger partial charge in [0.25, 0.3) is 0 Å². The van der Waals surface area contributed by atoms with E-state index in [1.807, 2.05) is 0 Å². The Morgan fingerprint density at radius 3 is 1.58 bits per heavy atom. The zero-order valence-corrected chi connectivity index (χ0v) is 20.4. The first-order chi connectivity index (χ1) is 14.8. The third kappa shape index (κ3) is 3.84. The minimum atomic E-state index is 0.939. The van der Waals surface area contributed by atoms with Crippen molar-refractivity contribution in [1.29, 1.82) is 0 Å². The SMILES string of the molecule is CCc1cc(-c2cccc(C)c2-c2cc(CC)c(N)c(CC)c2C)c(C)c(CC)c1N. The molecule has 0 aliphatic heterocycles. The van der Waals surface area contributed by atoms with Crippen LogP contribution in [0.1, 0.15) is 66.6 Å². The van der Waals surface area contributed by atoms with Crippen molar-refractivity contribution in [3.63, 3.8) is 0 Å². The average molecular weight is 415 g/mol. The minimum absolute atomic E-state index is 0.939. The van der Waals surface area contributed by atoms with Gasteiger partial charge >= 0.3 is 0 Å².